The molecule has 0 bridgehead atoms. The van der Waals surface area contributed by atoms with Gasteiger partial charge in [0.1, 0.15) is 12.0 Å². The van der Waals surface area contributed by atoms with E-state index in [-0.39, 0.29) is 17.3 Å². The van der Waals surface area contributed by atoms with Crippen LogP contribution in [0.2, 0.25) is 0 Å². The van der Waals surface area contributed by atoms with E-state index in [1.807, 2.05) is 6.92 Å². The van der Waals surface area contributed by atoms with Gasteiger partial charge in [0.05, 0.1) is 18.4 Å². The number of rotatable bonds is 4. The number of ketones is 1. The van der Waals surface area contributed by atoms with Crippen LogP contribution < -0.4 is 0 Å². The van der Waals surface area contributed by atoms with Crippen molar-refractivity contribution in [3.63, 3.8) is 0 Å². The highest BCUT2D eigenvalue weighted by molar-refractivity contribution is 7.88. The number of piperazine rings is 1. The van der Waals surface area contributed by atoms with Gasteiger partial charge in [0.15, 0.2) is 0 Å². The summed E-state index contributed by atoms with van der Waals surface area (Å²) in [4.78, 5) is 15.6. The Morgan fingerprint density at radius 2 is 1.62 bits per heavy atom. The number of halogens is 1. The van der Waals surface area contributed by atoms with Gasteiger partial charge in [-0.1, -0.05) is 6.92 Å². The highest BCUT2D eigenvalue weighted by Crippen LogP contribution is 2.65. The van der Waals surface area contributed by atoms with E-state index in [0.29, 0.717) is 75.0 Å². The molecule has 0 aromatic rings. The summed E-state index contributed by atoms with van der Waals surface area (Å²) in [5.74, 6) is 2.06. The molecule has 0 unspecified atom stereocenters. The van der Waals surface area contributed by atoms with E-state index >= 15 is 4.39 Å². The lowest BCUT2D eigenvalue weighted by Crippen LogP contribution is -2.55. The minimum atomic E-state index is -3.17. The molecule has 194 valence electrons. The normalized spacial score (nSPS) is 48.1. The van der Waals surface area contributed by atoms with Crippen molar-refractivity contribution in [2.45, 2.75) is 77.0 Å². The number of carbonyl (C=O) groups excluding carboxylic acids is 1. The quantitative estimate of drug-likeness (QED) is 0.645. The Balaban J connectivity index is 1.24. The van der Waals surface area contributed by atoms with Crippen molar-refractivity contribution in [2.24, 2.45) is 40.9 Å². The molecule has 1 saturated heterocycles. The van der Waals surface area contributed by atoms with Crippen LogP contribution in [0.4, 0.5) is 4.39 Å². The van der Waals surface area contributed by atoms with Crippen molar-refractivity contribution >= 4 is 15.8 Å². The van der Waals surface area contributed by atoms with Gasteiger partial charge in [-0.2, -0.15) is 4.31 Å². The molecular formula is C26H43FN2O4S. The maximum Gasteiger partial charge on any atom is 0.211 e. The molecule has 5 fully saturated rings. The maximum atomic E-state index is 15.5. The summed E-state index contributed by atoms with van der Waals surface area (Å²) in [5, 5.41) is 10.6. The fourth-order valence-corrected chi connectivity index (χ4v) is 9.91. The second-order valence-corrected chi connectivity index (χ2v) is 14.8. The molecule has 34 heavy (non-hydrogen) atoms. The molecule has 6 nitrogen and oxygen atoms in total. The third kappa shape index (κ3) is 4.39. The van der Waals surface area contributed by atoms with E-state index in [1.54, 1.807) is 0 Å². The fourth-order valence-electron chi connectivity index (χ4n) is 9.08. The van der Waals surface area contributed by atoms with Crippen LogP contribution >= 0.6 is 0 Å². The average molecular weight is 499 g/mol. The topological polar surface area (TPSA) is 77.9 Å². The van der Waals surface area contributed by atoms with Crippen molar-refractivity contribution in [1.29, 1.82) is 0 Å². The maximum absolute atomic E-state index is 15.5. The first-order valence-electron chi connectivity index (χ1n) is 13.5. The van der Waals surface area contributed by atoms with Crippen LogP contribution in [-0.4, -0.2) is 79.3 Å². The van der Waals surface area contributed by atoms with Crippen LogP contribution in [0.1, 0.15) is 65.2 Å². The Labute approximate surface area is 204 Å². The van der Waals surface area contributed by atoms with E-state index in [2.05, 4.69) is 11.8 Å². The van der Waals surface area contributed by atoms with Crippen molar-refractivity contribution < 1.29 is 22.7 Å². The zero-order valence-corrected chi connectivity index (χ0v) is 21.9. The first-order chi connectivity index (χ1) is 15.9. The van der Waals surface area contributed by atoms with Gasteiger partial charge in [-0.15, -0.1) is 0 Å². The average Bonchev–Trinajstić information content (AvgIpc) is 3.11. The molecule has 1 heterocycles. The molecule has 0 aromatic heterocycles. The van der Waals surface area contributed by atoms with Gasteiger partial charge < -0.3 is 5.11 Å². The zero-order chi connectivity index (χ0) is 24.5. The van der Waals surface area contributed by atoms with E-state index in [0.717, 1.165) is 38.5 Å². The largest absolute Gasteiger partial charge is 0.390 e. The van der Waals surface area contributed by atoms with E-state index in [1.165, 1.54) is 10.6 Å². The number of Topliss-reactive ketones (excluding diaryl/α,β-unsaturated/α-hetero) is 1. The molecule has 1 aliphatic heterocycles. The summed E-state index contributed by atoms with van der Waals surface area (Å²) in [6, 6.07) is 0. The van der Waals surface area contributed by atoms with Crippen molar-refractivity contribution in [1.82, 2.24) is 9.21 Å². The number of aliphatic hydroxyl groups is 1. The van der Waals surface area contributed by atoms with Crippen LogP contribution in [0.5, 0.6) is 0 Å². The van der Waals surface area contributed by atoms with Gasteiger partial charge >= 0.3 is 0 Å². The molecule has 1 N–H and O–H groups in total. The predicted octanol–water partition coefficient (Wildman–Crippen LogP) is 3.10. The standard InChI is InChI=1S/C26H43FN2O4S/c1-25(31)8-6-18-17-7-9-26(2)21(19(17)14-23(27)20(18)15-25)4-5-22(26)24(30)16-28-10-12-29(13-11-28)34(3,32)33/h17-23,31H,4-16H2,1-3H3/t17-,18-,19-,20+,21+,22-,23-,25-,26+/m1/s1. The van der Waals surface area contributed by atoms with Gasteiger partial charge in [0.25, 0.3) is 0 Å². The lowest BCUT2D eigenvalue weighted by atomic mass is 9.48. The lowest BCUT2D eigenvalue weighted by molar-refractivity contribution is -0.139. The summed E-state index contributed by atoms with van der Waals surface area (Å²) in [6.45, 7) is 6.69. The Morgan fingerprint density at radius 1 is 0.971 bits per heavy atom. The third-order valence-electron chi connectivity index (χ3n) is 10.8. The number of nitrogens with zero attached hydrogens (tertiary/aromatic N) is 2. The molecule has 4 saturated carbocycles. The molecule has 5 aliphatic rings. The van der Waals surface area contributed by atoms with Crippen LogP contribution in [0, 0.1) is 40.9 Å². The molecule has 5 rings (SSSR count). The number of alkyl halides is 1. The highest BCUT2D eigenvalue weighted by atomic mass is 32.2. The summed E-state index contributed by atoms with van der Waals surface area (Å²) < 4.78 is 40.5. The second kappa shape index (κ2) is 8.77. The molecule has 8 heteroatoms. The number of hydrogen-bond donors (Lipinski definition) is 1. The van der Waals surface area contributed by atoms with Gasteiger partial charge in [0, 0.05) is 32.1 Å². The number of sulfonamides is 1. The number of fused-ring (bicyclic) bond motifs is 5. The zero-order valence-electron chi connectivity index (χ0n) is 21.1. The van der Waals surface area contributed by atoms with Crippen LogP contribution in [0.15, 0.2) is 0 Å². The molecule has 0 amide bonds. The molecule has 4 aliphatic carbocycles. The van der Waals surface area contributed by atoms with Gasteiger partial charge in [0.2, 0.25) is 10.0 Å². The molecular weight excluding hydrogens is 455 g/mol. The van der Waals surface area contributed by atoms with Crippen molar-refractivity contribution in [3.05, 3.63) is 0 Å². The first kappa shape index (κ1) is 25.1. The molecule has 0 aromatic carbocycles. The van der Waals surface area contributed by atoms with E-state index < -0.39 is 21.8 Å². The Kier molecular flexibility index (Phi) is 6.48. The molecule has 0 spiro atoms. The van der Waals surface area contributed by atoms with E-state index in [4.69, 9.17) is 0 Å². The Bertz CT molecular complexity index is 902. The molecule has 9 atom stereocenters. The van der Waals surface area contributed by atoms with Gasteiger partial charge in [-0.05, 0) is 93.3 Å². The van der Waals surface area contributed by atoms with Gasteiger partial charge in [-0.25, -0.2) is 12.8 Å². The lowest BCUT2D eigenvalue weighted by Gasteiger charge is -2.57. The smallest absolute Gasteiger partial charge is 0.211 e. The minimum Gasteiger partial charge on any atom is -0.390 e. The Morgan fingerprint density at radius 3 is 2.29 bits per heavy atom. The van der Waals surface area contributed by atoms with Gasteiger partial charge in [-0.3, -0.25) is 9.69 Å². The van der Waals surface area contributed by atoms with E-state index in [9.17, 15) is 18.3 Å². The van der Waals surface area contributed by atoms with Crippen LogP contribution in [0.3, 0.4) is 0 Å². The third-order valence-corrected chi connectivity index (χ3v) is 12.1. The van der Waals surface area contributed by atoms with Crippen molar-refractivity contribution in [2.75, 3.05) is 39.0 Å². The van der Waals surface area contributed by atoms with Crippen molar-refractivity contribution in [3.8, 4) is 0 Å². The number of carbonyl (C=O) groups is 1. The fraction of sp³-hybridized carbons (Fsp3) is 0.962. The predicted molar refractivity (Wildman–Crippen MR) is 129 cm³/mol. The minimum absolute atomic E-state index is 0.00112. The summed E-state index contributed by atoms with van der Waals surface area (Å²) in [6.07, 6.45) is 7.40. The SMILES string of the molecule is C[C@@]1(O)CC[C@@H]2[C@H]3CC[C@]4(C)[C@@H](C(=O)CN5CCN(S(C)(=O)=O)CC5)CC[C@H]4[C@@H]3C[C@@H](F)[C@H]2C1. The number of hydrogen-bond acceptors (Lipinski definition) is 5. The van der Waals surface area contributed by atoms with Crippen LogP contribution in [-0.2, 0) is 14.8 Å². The second-order valence-electron chi connectivity index (χ2n) is 12.8. The first-order valence-corrected chi connectivity index (χ1v) is 15.3. The monoisotopic (exact) mass is 498 g/mol. The highest BCUT2D eigenvalue weighted by Gasteiger charge is 2.60. The Hall–Kier alpha value is -0.570. The van der Waals surface area contributed by atoms with Crippen LogP contribution in [0.25, 0.3) is 0 Å². The molecule has 0 radical (unpaired) electrons. The summed E-state index contributed by atoms with van der Waals surface area (Å²) in [7, 11) is -3.17. The summed E-state index contributed by atoms with van der Waals surface area (Å²) in [5.41, 5.74) is -0.765. The summed E-state index contributed by atoms with van der Waals surface area (Å²) >= 11 is 0.